The first-order valence-electron chi connectivity index (χ1n) is 6.41. The second-order valence-corrected chi connectivity index (χ2v) is 5.96. The number of halogens is 1. The fourth-order valence-electron chi connectivity index (χ4n) is 2.34. The van der Waals surface area contributed by atoms with Crippen molar-refractivity contribution in [3.63, 3.8) is 0 Å². The van der Waals surface area contributed by atoms with Crippen LogP contribution in [0.1, 0.15) is 16.9 Å². The Kier molecular flexibility index (Phi) is 3.74. The molecule has 4 nitrogen and oxygen atoms in total. The van der Waals surface area contributed by atoms with Gasteiger partial charge in [0.25, 0.3) is 5.56 Å². The molecule has 1 aromatic heterocycles. The van der Waals surface area contributed by atoms with Gasteiger partial charge in [0.05, 0.1) is 12.1 Å². The second-order valence-electron chi connectivity index (χ2n) is 4.71. The number of benzene rings is 1. The molecule has 2 heterocycles. The molecule has 0 fully saturated rings. The van der Waals surface area contributed by atoms with E-state index in [1.807, 2.05) is 24.3 Å². The van der Waals surface area contributed by atoms with E-state index in [2.05, 4.69) is 27.9 Å². The molecule has 0 saturated heterocycles. The third-order valence-corrected chi connectivity index (χ3v) is 4.08. The van der Waals surface area contributed by atoms with Crippen LogP contribution in [0.5, 0.6) is 0 Å². The molecule has 1 aromatic carbocycles. The lowest BCUT2D eigenvalue weighted by Gasteiger charge is -2.02. The van der Waals surface area contributed by atoms with E-state index in [-0.39, 0.29) is 5.56 Å². The maximum Gasteiger partial charge on any atom is 0.286 e. The van der Waals surface area contributed by atoms with Crippen LogP contribution < -0.4 is 10.9 Å². The minimum Gasteiger partial charge on any atom is -0.380 e. The second kappa shape index (κ2) is 5.50. The molecule has 0 radical (unpaired) electrons. The molecule has 5 heteroatoms. The van der Waals surface area contributed by atoms with E-state index < -0.39 is 0 Å². The maximum absolute atomic E-state index is 12.3. The van der Waals surface area contributed by atoms with Gasteiger partial charge in [0.15, 0.2) is 0 Å². The zero-order valence-electron chi connectivity index (χ0n) is 10.5. The molecule has 1 N–H and O–H groups in total. The van der Waals surface area contributed by atoms with Crippen molar-refractivity contribution in [1.29, 1.82) is 0 Å². The van der Waals surface area contributed by atoms with Crippen molar-refractivity contribution < 1.29 is 4.52 Å². The molecule has 0 saturated carbocycles. The summed E-state index contributed by atoms with van der Waals surface area (Å²) < 4.78 is 8.39. The highest BCUT2D eigenvalue weighted by molar-refractivity contribution is 14.1. The lowest BCUT2D eigenvalue weighted by atomic mass is 10.2. The van der Waals surface area contributed by atoms with Gasteiger partial charge in [-0.1, -0.05) is 12.1 Å². The predicted molar refractivity (Wildman–Crippen MR) is 81.5 cm³/mol. The van der Waals surface area contributed by atoms with Crippen LogP contribution in [0.2, 0.25) is 0 Å². The lowest BCUT2D eigenvalue weighted by Crippen LogP contribution is -2.21. The largest absolute Gasteiger partial charge is 0.380 e. The Morgan fingerprint density at radius 2 is 1.95 bits per heavy atom. The van der Waals surface area contributed by atoms with Crippen molar-refractivity contribution in [2.24, 2.45) is 0 Å². The molecule has 19 heavy (non-hydrogen) atoms. The van der Waals surface area contributed by atoms with Crippen molar-refractivity contribution in [3.8, 4) is 0 Å². The number of nitrogens with zero attached hydrogens (tertiary/aromatic N) is 1. The third-order valence-electron chi connectivity index (χ3n) is 3.36. The molecular formula is C14H15IN2O2. The van der Waals surface area contributed by atoms with Crippen LogP contribution in [-0.2, 0) is 19.4 Å². The first-order chi connectivity index (χ1) is 9.24. The Morgan fingerprint density at radius 3 is 2.74 bits per heavy atom. The zero-order chi connectivity index (χ0) is 13.2. The highest BCUT2D eigenvalue weighted by Gasteiger charge is 2.18. The Hall–Kier alpha value is -1.08. The van der Waals surface area contributed by atoms with E-state index in [9.17, 15) is 4.79 Å². The molecule has 2 aromatic rings. The summed E-state index contributed by atoms with van der Waals surface area (Å²) >= 11 is 2.27. The number of fused-ring (bicyclic) bond motifs is 1. The van der Waals surface area contributed by atoms with E-state index in [1.54, 1.807) is 0 Å². The first kappa shape index (κ1) is 12.9. The summed E-state index contributed by atoms with van der Waals surface area (Å²) in [5, 5.41) is 3.27. The van der Waals surface area contributed by atoms with Gasteiger partial charge in [-0.25, -0.2) is 0 Å². The minimum absolute atomic E-state index is 0.0252. The van der Waals surface area contributed by atoms with Crippen molar-refractivity contribution >= 4 is 22.6 Å². The van der Waals surface area contributed by atoms with E-state index >= 15 is 0 Å². The Labute approximate surface area is 124 Å². The lowest BCUT2D eigenvalue weighted by molar-refractivity contribution is 0.256. The van der Waals surface area contributed by atoms with E-state index in [0.29, 0.717) is 6.54 Å². The van der Waals surface area contributed by atoms with Crippen LogP contribution in [0, 0.1) is 3.57 Å². The number of nitrogens with one attached hydrogen (secondary N) is 1. The summed E-state index contributed by atoms with van der Waals surface area (Å²) in [7, 11) is 0. The summed E-state index contributed by atoms with van der Waals surface area (Å²) in [6.07, 6.45) is 1.56. The molecule has 0 amide bonds. The van der Waals surface area contributed by atoms with Crippen molar-refractivity contribution in [2.45, 2.75) is 19.4 Å². The normalized spacial score (nSPS) is 15.0. The van der Waals surface area contributed by atoms with Crippen LogP contribution in [0.15, 0.2) is 33.6 Å². The van der Waals surface area contributed by atoms with Crippen LogP contribution >= 0.6 is 22.6 Å². The van der Waals surface area contributed by atoms with E-state index in [0.717, 1.165) is 42.8 Å². The Bertz CT molecular complexity index is 628. The maximum atomic E-state index is 12.3. The van der Waals surface area contributed by atoms with Gasteiger partial charge < -0.3 is 9.84 Å². The van der Waals surface area contributed by atoms with E-state index in [4.69, 9.17) is 4.52 Å². The Morgan fingerprint density at radius 1 is 1.21 bits per heavy atom. The monoisotopic (exact) mass is 368 g/mol. The van der Waals surface area contributed by atoms with E-state index in [1.165, 1.54) is 8.31 Å². The third kappa shape index (κ3) is 2.76. The van der Waals surface area contributed by atoms with Gasteiger partial charge in [0, 0.05) is 16.5 Å². The Balaban J connectivity index is 1.89. The number of rotatable bonds is 2. The van der Waals surface area contributed by atoms with Crippen LogP contribution in [0.25, 0.3) is 0 Å². The molecule has 0 bridgehead atoms. The van der Waals surface area contributed by atoms with Gasteiger partial charge in [0.1, 0.15) is 5.76 Å². The summed E-state index contributed by atoms with van der Waals surface area (Å²) in [5.41, 5.74) is 1.96. The van der Waals surface area contributed by atoms with Gasteiger partial charge in [0.2, 0.25) is 0 Å². The standard InChI is InChI=1S/C14H15IN2O2/c15-11-3-1-10(2-4-11)9-17-14(18)12-5-7-16-8-6-13(12)19-17/h1-4,16H,5-9H2/i15-2. The van der Waals surface area contributed by atoms with Gasteiger partial charge in [-0.05, 0) is 53.3 Å². The fourth-order valence-corrected chi connectivity index (χ4v) is 2.70. The average Bonchev–Trinajstić information content (AvgIpc) is 2.60. The van der Waals surface area contributed by atoms with Crippen molar-refractivity contribution in [1.82, 2.24) is 10.1 Å². The number of hydrogen-bond acceptors (Lipinski definition) is 3. The summed E-state index contributed by atoms with van der Waals surface area (Å²) in [5.74, 6) is 0.848. The molecule has 100 valence electrons. The highest BCUT2D eigenvalue weighted by atomic mass is 125. The van der Waals surface area contributed by atoms with Crippen LogP contribution in [0.3, 0.4) is 0 Å². The van der Waals surface area contributed by atoms with Crippen LogP contribution in [0.4, 0.5) is 0 Å². The average molecular weight is 368 g/mol. The van der Waals surface area contributed by atoms with Gasteiger partial charge in [-0.15, -0.1) is 0 Å². The predicted octanol–water partition coefficient (Wildman–Crippen LogP) is 1.78. The molecule has 0 atom stereocenters. The molecule has 0 spiro atoms. The van der Waals surface area contributed by atoms with Gasteiger partial charge >= 0.3 is 0 Å². The molecule has 1 aliphatic heterocycles. The smallest absolute Gasteiger partial charge is 0.286 e. The van der Waals surface area contributed by atoms with Crippen LogP contribution in [-0.4, -0.2) is 17.8 Å². The highest BCUT2D eigenvalue weighted by Crippen LogP contribution is 2.12. The molecule has 0 unspecified atom stereocenters. The summed E-state index contributed by atoms with van der Waals surface area (Å²) in [6, 6.07) is 8.14. The molecule has 0 aliphatic carbocycles. The van der Waals surface area contributed by atoms with Crippen molar-refractivity contribution in [3.05, 3.63) is 55.1 Å². The fraction of sp³-hybridized carbons (Fsp3) is 0.357. The van der Waals surface area contributed by atoms with Crippen molar-refractivity contribution in [2.75, 3.05) is 13.1 Å². The quantitative estimate of drug-likeness (QED) is 0.823. The number of hydrogen-bond donors (Lipinski definition) is 1. The van der Waals surface area contributed by atoms with Gasteiger partial charge in [-0.2, -0.15) is 4.74 Å². The molecular weight excluding hydrogens is 353 g/mol. The topological polar surface area (TPSA) is 47.2 Å². The number of aromatic nitrogens is 1. The first-order valence-corrected chi connectivity index (χ1v) is 7.49. The minimum atomic E-state index is 0.0252. The SMILES string of the molecule is O=c1c2c(on1Cc1ccc([125I])cc1)CCNCC2. The molecule has 1 aliphatic rings. The summed E-state index contributed by atoms with van der Waals surface area (Å²) in [4.78, 5) is 12.3. The zero-order valence-corrected chi connectivity index (χ0v) is 12.6. The molecule has 3 rings (SSSR count). The summed E-state index contributed by atoms with van der Waals surface area (Å²) in [6.45, 7) is 2.24. The van der Waals surface area contributed by atoms with Gasteiger partial charge in [-0.3, -0.25) is 4.79 Å².